The first-order valence-corrected chi connectivity index (χ1v) is 14.8. The van der Waals surface area contributed by atoms with E-state index in [2.05, 4.69) is 36.9 Å². The van der Waals surface area contributed by atoms with Gasteiger partial charge in [0.1, 0.15) is 5.75 Å². The van der Waals surface area contributed by atoms with E-state index in [9.17, 15) is 13.9 Å². The van der Waals surface area contributed by atoms with Crippen LogP contribution in [0.2, 0.25) is 0 Å². The van der Waals surface area contributed by atoms with E-state index in [1.54, 1.807) is 6.07 Å². The van der Waals surface area contributed by atoms with Gasteiger partial charge < -0.3 is 14.7 Å². The zero-order chi connectivity index (χ0) is 25.8. The number of carbonyl (C=O) groups is 1. The fourth-order valence-electron chi connectivity index (χ4n) is 5.36. The lowest BCUT2D eigenvalue weighted by atomic mass is 9.79. The molecule has 0 spiro atoms. The molecule has 1 fully saturated rings. The summed E-state index contributed by atoms with van der Waals surface area (Å²) in [5, 5.41) is 9.01. The number of para-hydroxylation sites is 1. The second-order valence-electron chi connectivity index (χ2n) is 10.3. The number of rotatable bonds is 11. The molecule has 0 amide bonds. The minimum absolute atomic E-state index is 0.232. The van der Waals surface area contributed by atoms with Crippen LogP contribution in [0.15, 0.2) is 59.7 Å². The first kappa shape index (κ1) is 26.6. The number of unbranched alkanes of at least 4 members (excludes halogenated alkanes) is 2. The van der Waals surface area contributed by atoms with Gasteiger partial charge in [0.25, 0.3) is 0 Å². The fraction of sp³-hybridized carbons (Fsp3) is 0.483. The highest BCUT2D eigenvalue weighted by atomic mass is 32.3. The van der Waals surface area contributed by atoms with Crippen molar-refractivity contribution in [3.8, 4) is 5.75 Å². The van der Waals surface area contributed by atoms with Gasteiger partial charge in [-0.2, -0.15) is 10.6 Å². The van der Waals surface area contributed by atoms with Crippen LogP contribution in [0.4, 0.5) is 11.4 Å². The van der Waals surface area contributed by atoms with Crippen LogP contribution in [0.5, 0.6) is 5.75 Å². The van der Waals surface area contributed by atoms with E-state index in [1.807, 2.05) is 18.2 Å². The molecular formula is C29H39NO5S. The Kier molecular flexibility index (Phi) is 8.33. The van der Waals surface area contributed by atoms with E-state index >= 15 is 0 Å². The molecule has 1 aliphatic carbocycles. The highest BCUT2D eigenvalue weighted by Crippen LogP contribution is 2.62. The summed E-state index contributed by atoms with van der Waals surface area (Å²) in [6, 6.07) is 14.0. The number of hydrogen-bond acceptors (Lipinski definition) is 5. The van der Waals surface area contributed by atoms with Gasteiger partial charge in [0.15, 0.2) is 0 Å². The number of nitrogens with zero attached hydrogens (tertiary/aromatic N) is 1. The molecule has 4 rings (SSSR count). The Morgan fingerprint density at radius 1 is 1.11 bits per heavy atom. The molecule has 36 heavy (non-hydrogen) atoms. The van der Waals surface area contributed by atoms with Crippen molar-refractivity contribution in [3.63, 3.8) is 0 Å². The molecule has 196 valence electrons. The maximum absolute atomic E-state index is 11.7. The smallest absolute Gasteiger partial charge is 0.331 e. The molecule has 2 aromatic carbocycles. The third-order valence-electron chi connectivity index (χ3n) is 7.35. The molecule has 1 aliphatic heterocycles. The topological polar surface area (TPSA) is 90.2 Å². The normalized spacial score (nSPS) is 19.5. The minimum Gasteiger partial charge on any atom is -0.478 e. The Hall–Kier alpha value is -2.48. The molecule has 3 N–H and O–H groups in total. The van der Waals surface area contributed by atoms with Gasteiger partial charge in [-0.1, -0.05) is 57.7 Å². The first-order valence-electron chi connectivity index (χ1n) is 13.1. The molecule has 2 aliphatic rings. The Morgan fingerprint density at radius 3 is 2.36 bits per heavy atom. The van der Waals surface area contributed by atoms with Gasteiger partial charge in [0.05, 0.1) is 22.9 Å². The maximum Gasteiger partial charge on any atom is 0.331 e. The zero-order valence-corrected chi connectivity index (χ0v) is 22.2. The van der Waals surface area contributed by atoms with Crippen LogP contribution < -0.4 is 9.64 Å². The summed E-state index contributed by atoms with van der Waals surface area (Å²) in [7, 11) is -3.14. The minimum atomic E-state index is -3.14. The van der Waals surface area contributed by atoms with Crippen LogP contribution >= 0.6 is 10.6 Å². The third kappa shape index (κ3) is 6.07. The number of hydrogen-bond donors (Lipinski definition) is 3. The molecule has 7 heteroatoms. The van der Waals surface area contributed by atoms with Gasteiger partial charge in [-0.25, -0.2) is 4.79 Å². The van der Waals surface area contributed by atoms with E-state index < -0.39 is 16.6 Å². The number of anilines is 2. The summed E-state index contributed by atoms with van der Waals surface area (Å²) < 4.78 is 29.3. The fourth-order valence-corrected chi connectivity index (χ4v) is 7.55. The summed E-state index contributed by atoms with van der Waals surface area (Å²) in [6.07, 6.45) is 10.3. The van der Waals surface area contributed by atoms with Gasteiger partial charge in [-0.3, -0.25) is 9.11 Å². The Morgan fingerprint density at radius 2 is 1.78 bits per heavy atom. The highest BCUT2D eigenvalue weighted by Gasteiger charge is 2.43. The molecule has 0 saturated heterocycles. The van der Waals surface area contributed by atoms with Gasteiger partial charge in [0.2, 0.25) is 0 Å². The number of fused-ring (bicyclic) bond motifs is 1. The van der Waals surface area contributed by atoms with Crippen LogP contribution in [-0.4, -0.2) is 32.5 Å². The molecular weight excluding hydrogens is 474 g/mol. The second kappa shape index (κ2) is 11.3. The van der Waals surface area contributed by atoms with Crippen molar-refractivity contribution in [1.82, 2.24) is 0 Å². The zero-order valence-electron chi connectivity index (χ0n) is 21.4. The lowest BCUT2D eigenvalue weighted by Crippen LogP contribution is -2.37. The quantitative estimate of drug-likeness (QED) is 0.207. The van der Waals surface area contributed by atoms with E-state index in [1.165, 1.54) is 6.26 Å². The summed E-state index contributed by atoms with van der Waals surface area (Å²) in [6.45, 7) is 5.09. The van der Waals surface area contributed by atoms with Gasteiger partial charge in [-0.15, -0.1) is 0 Å². The summed E-state index contributed by atoms with van der Waals surface area (Å²) in [5.74, 6) is 0.0742. The molecule has 0 unspecified atom stereocenters. The van der Waals surface area contributed by atoms with Crippen molar-refractivity contribution >= 4 is 27.9 Å². The van der Waals surface area contributed by atoms with Crippen molar-refractivity contribution in [2.75, 3.05) is 17.2 Å². The Labute approximate surface area is 216 Å². The Balaban J connectivity index is 1.88. The summed E-state index contributed by atoms with van der Waals surface area (Å²) >= 11 is 0. The van der Waals surface area contributed by atoms with Gasteiger partial charge in [-0.05, 0) is 49.8 Å². The summed E-state index contributed by atoms with van der Waals surface area (Å²) in [5.41, 5.74) is 2.63. The number of aliphatic carboxylic acids is 1. The van der Waals surface area contributed by atoms with Crippen molar-refractivity contribution in [2.45, 2.75) is 76.0 Å². The van der Waals surface area contributed by atoms with E-state index in [-0.39, 0.29) is 5.41 Å². The number of carboxylic acids is 1. The van der Waals surface area contributed by atoms with E-state index in [4.69, 9.17) is 9.84 Å². The van der Waals surface area contributed by atoms with Crippen LogP contribution in [0.3, 0.4) is 0 Å². The van der Waals surface area contributed by atoms with Crippen molar-refractivity contribution in [3.05, 3.63) is 60.4 Å². The average molecular weight is 514 g/mol. The lowest BCUT2D eigenvalue weighted by molar-refractivity contribution is -0.131. The maximum atomic E-state index is 11.7. The average Bonchev–Trinajstić information content (AvgIpc) is 3.70. The standard InChI is InChI=1S/C29H39NO5S/c1-3-5-15-29(16-6-4-2)20-30(23-10-8-7-9-11-23)25-18-24(22-12-13-22)26(35-17-14-28(31)32)19-27(25)36(33,34)21-29/h7-11,14,17-19,22,33-34H,3-6,12-13,15-16,20-21H2,1-2H3,(H,31,32)/b17-14+. The molecule has 2 aromatic rings. The molecule has 0 radical (unpaired) electrons. The van der Waals surface area contributed by atoms with Gasteiger partial charge >= 0.3 is 5.97 Å². The van der Waals surface area contributed by atoms with E-state index in [0.29, 0.717) is 22.3 Å². The van der Waals surface area contributed by atoms with Gasteiger partial charge in [0, 0.05) is 35.0 Å². The monoisotopic (exact) mass is 513 g/mol. The lowest BCUT2D eigenvalue weighted by Gasteiger charge is -2.42. The van der Waals surface area contributed by atoms with Crippen molar-refractivity contribution in [1.29, 1.82) is 0 Å². The number of ether oxygens (including phenoxy) is 1. The molecule has 1 saturated carbocycles. The van der Waals surface area contributed by atoms with Crippen LogP contribution in [0, 0.1) is 5.41 Å². The third-order valence-corrected chi connectivity index (χ3v) is 9.39. The predicted molar refractivity (Wildman–Crippen MR) is 147 cm³/mol. The van der Waals surface area contributed by atoms with Crippen LogP contribution in [0.25, 0.3) is 0 Å². The molecule has 0 aromatic heterocycles. The molecule has 0 atom stereocenters. The van der Waals surface area contributed by atoms with Crippen LogP contribution in [-0.2, 0) is 4.79 Å². The van der Waals surface area contributed by atoms with Crippen molar-refractivity contribution < 1.29 is 23.7 Å². The Bertz CT molecular complexity index is 1070. The summed E-state index contributed by atoms with van der Waals surface area (Å²) in [4.78, 5) is 13.8. The second-order valence-corrected chi connectivity index (χ2v) is 12.4. The van der Waals surface area contributed by atoms with E-state index in [0.717, 1.165) is 80.9 Å². The molecule has 6 nitrogen and oxygen atoms in total. The highest BCUT2D eigenvalue weighted by molar-refractivity contribution is 8.24. The molecule has 1 heterocycles. The predicted octanol–water partition coefficient (Wildman–Crippen LogP) is 8.17. The largest absolute Gasteiger partial charge is 0.478 e. The SMILES string of the molecule is CCCCC1(CCCC)CN(c2ccccc2)c2cc(C3CC3)c(O/C=C/C(=O)O)cc2S(O)(O)C1. The number of benzene rings is 2. The number of carboxylic acid groups (broad SMARTS) is 1. The van der Waals surface area contributed by atoms with Crippen molar-refractivity contribution in [2.24, 2.45) is 5.41 Å². The molecule has 0 bridgehead atoms. The van der Waals surface area contributed by atoms with Crippen LogP contribution in [0.1, 0.15) is 76.7 Å². The first-order chi connectivity index (χ1) is 17.3.